The Morgan fingerprint density at radius 2 is 1.86 bits per heavy atom. The predicted octanol–water partition coefficient (Wildman–Crippen LogP) is 5.61. The number of halogens is 3. The van der Waals surface area contributed by atoms with Crippen LogP contribution >= 0.6 is 0 Å². The minimum absolute atomic E-state index is 0.0264. The summed E-state index contributed by atoms with van der Waals surface area (Å²) in [6.45, 7) is 2.74. The van der Waals surface area contributed by atoms with Gasteiger partial charge in [-0.15, -0.1) is 0 Å². The molecule has 1 aliphatic rings. The van der Waals surface area contributed by atoms with Crippen LogP contribution in [-0.2, 0) is 32.4 Å². The van der Waals surface area contributed by atoms with Gasteiger partial charge >= 0.3 is 16.3 Å². The summed E-state index contributed by atoms with van der Waals surface area (Å²) in [5.74, 6) is -0.393. The van der Waals surface area contributed by atoms with Crippen molar-refractivity contribution >= 4 is 16.0 Å². The Morgan fingerprint density at radius 1 is 1.07 bits per heavy atom. The van der Waals surface area contributed by atoms with Gasteiger partial charge in [0.05, 0.1) is 23.1 Å². The van der Waals surface area contributed by atoms with Gasteiger partial charge in [0.2, 0.25) is 5.91 Å². The van der Waals surface area contributed by atoms with Gasteiger partial charge in [-0.2, -0.15) is 26.7 Å². The second kappa shape index (κ2) is 12.0. The molecule has 4 aromatic rings. The van der Waals surface area contributed by atoms with E-state index >= 15 is 0 Å². The second-order valence-corrected chi connectivity index (χ2v) is 11.5. The summed E-state index contributed by atoms with van der Waals surface area (Å²) < 4.78 is 78.3. The van der Waals surface area contributed by atoms with Crippen LogP contribution in [0.5, 0.6) is 5.75 Å². The molecule has 1 fully saturated rings. The van der Waals surface area contributed by atoms with E-state index in [4.69, 9.17) is 8.92 Å². The van der Waals surface area contributed by atoms with E-state index in [0.717, 1.165) is 42.2 Å². The minimum Gasteiger partial charge on any atom is -0.378 e. The van der Waals surface area contributed by atoms with Gasteiger partial charge < -0.3 is 14.2 Å². The van der Waals surface area contributed by atoms with Gasteiger partial charge in [-0.1, -0.05) is 48.0 Å². The van der Waals surface area contributed by atoms with Gasteiger partial charge in [0.1, 0.15) is 11.4 Å². The third kappa shape index (κ3) is 6.82. The molecule has 1 aromatic heterocycles. The molecule has 3 aromatic carbocycles. The van der Waals surface area contributed by atoms with Crippen LogP contribution in [0.1, 0.15) is 24.0 Å². The van der Waals surface area contributed by atoms with Crippen LogP contribution in [0.4, 0.5) is 13.2 Å². The van der Waals surface area contributed by atoms with Crippen molar-refractivity contribution in [3.05, 3.63) is 90.0 Å². The zero-order valence-electron chi connectivity index (χ0n) is 22.6. The molecule has 0 aliphatic carbocycles. The van der Waals surface area contributed by atoms with E-state index < -0.39 is 26.8 Å². The standard InChI is InChI=1S/C30H28F3N3O5S/c1-20-12-13-28(41-42(38,39)24-11-5-9-22(16-24)30(31,32)33)25(15-20)26-17-27(21-7-3-2-4-8-21)36(35-26)19-29(37)34-18-23-10-6-14-40-23/h2-5,7-9,11-13,15-17,23H,6,10,14,18-19H2,1H3,(H,34,37)/t23-/m0/s1. The number of ether oxygens (including phenoxy) is 1. The molecule has 1 N–H and O–H groups in total. The SMILES string of the molecule is Cc1ccc(OS(=O)(=O)c2cccc(C(F)(F)F)c2)c(-c2cc(-c3ccccc3)n(CC(=O)NC[C@@H]3CCCO3)n2)c1. The molecule has 1 saturated heterocycles. The lowest BCUT2D eigenvalue weighted by Crippen LogP contribution is -2.34. The number of rotatable bonds is 9. The molecule has 0 unspecified atom stereocenters. The molecule has 2 heterocycles. The van der Waals surface area contributed by atoms with Crippen molar-refractivity contribution < 1.29 is 35.3 Å². The lowest BCUT2D eigenvalue weighted by atomic mass is 10.1. The molecule has 42 heavy (non-hydrogen) atoms. The summed E-state index contributed by atoms with van der Waals surface area (Å²) in [7, 11) is -4.64. The highest BCUT2D eigenvalue weighted by molar-refractivity contribution is 7.87. The molecule has 5 rings (SSSR count). The van der Waals surface area contributed by atoms with Crippen LogP contribution in [0.3, 0.4) is 0 Å². The molecular formula is C30H28F3N3O5S. The molecule has 0 saturated carbocycles. The smallest absolute Gasteiger partial charge is 0.378 e. The number of amides is 1. The molecule has 12 heteroatoms. The number of nitrogens with one attached hydrogen (secondary N) is 1. The Morgan fingerprint density at radius 3 is 2.57 bits per heavy atom. The van der Waals surface area contributed by atoms with Crippen molar-refractivity contribution in [3.63, 3.8) is 0 Å². The number of carbonyl (C=O) groups is 1. The fourth-order valence-electron chi connectivity index (χ4n) is 4.65. The monoisotopic (exact) mass is 599 g/mol. The number of aryl methyl sites for hydroxylation is 1. The van der Waals surface area contributed by atoms with Gasteiger partial charge in [-0.05, 0) is 61.7 Å². The number of carbonyl (C=O) groups excluding carboxylic acids is 1. The molecule has 8 nitrogen and oxygen atoms in total. The topological polar surface area (TPSA) is 99.5 Å². The number of alkyl halides is 3. The number of aromatic nitrogens is 2. The van der Waals surface area contributed by atoms with E-state index in [1.54, 1.807) is 25.1 Å². The first kappa shape index (κ1) is 29.3. The lowest BCUT2D eigenvalue weighted by Gasteiger charge is -2.13. The molecule has 0 bridgehead atoms. The first-order chi connectivity index (χ1) is 20.0. The first-order valence-electron chi connectivity index (χ1n) is 13.2. The van der Waals surface area contributed by atoms with Gasteiger partial charge in [0.15, 0.2) is 5.75 Å². The van der Waals surface area contributed by atoms with Crippen LogP contribution in [-0.4, -0.2) is 43.4 Å². The van der Waals surface area contributed by atoms with E-state index in [-0.39, 0.29) is 24.3 Å². The minimum atomic E-state index is -4.72. The maximum absolute atomic E-state index is 13.2. The summed E-state index contributed by atoms with van der Waals surface area (Å²) in [5.41, 5.74) is 1.64. The van der Waals surface area contributed by atoms with Gasteiger partial charge in [-0.3, -0.25) is 9.48 Å². The van der Waals surface area contributed by atoms with Gasteiger partial charge in [-0.25, -0.2) is 0 Å². The zero-order chi connectivity index (χ0) is 29.9. The molecule has 0 spiro atoms. The summed E-state index contributed by atoms with van der Waals surface area (Å²) in [6.07, 6.45) is -2.92. The first-order valence-corrected chi connectivity index (χ1v) is 14.6. The van der Waals surface area contributed by atoms with Crippen molar-refractivity contribution in [2.45, 2.75) is 43.5 Å². The highest BCUT2D eigenvalue weighted by Crippen LogP contribution is 2.36. The molecule has 1 aliphatic heterocycles. The van der Waals surface area contributed by atoms with Crippen molar-refractivity contribution in [3.8, 4) is 28.3 Å². The lowest BCUT2D eigenvalue weighted by molar-refractivity contribution is -0.137. The maximum atomic E-state index is 13.2. The van der Waals surface area contributed by atoms with Crippen molar-refractivity contribution in [2.75, 3.05) is 13.2 Å². The van der Waals surface area contributed by atoms with E-state index in [9.17, 15) is 26.4 Å². The van der Waals surface area contributed by atoms with Crippen molar-refractivity contribution in [1.29, 1.82) is 0 Å². The Balaban J connectivity index is 1.48. The van der Waals surface area contributed by atoms with Crippen LogP contribution in [0.15, 0.2) is 83.8 Å². The molecule has 0 radical (unpaired) electrons. The number of benzene rings is 3. The zero-order valence-corrected chi connectivity index (χ0v) is 23.4. The summed E-state index contributed by atoms with van der Waals surface area (Å²) in [5, 5.41) is 7.51. The van der Waals surface area contributed by atoms with Crippen LogP contribution in [0.25, 0.3) is 22.5 Å². The van der Waals surface area contributed by atoms with Gasteiger partial charge in [0.25, 0.3) is 0 Å². The normalized spacial score (nSPS) is 15.5. The predicted molar refractivity (Wildman–Crippen MR) is 149 cm³/mol. The molecular weight excluding hydrogens is 571 g/mol. The Labute approximate surface area is 241 Å². The van der Waals surface area contributed by atoms with Crippen LogP contribution < -0.4 is 9.50 Å². The second-order valence-electron chi connectivity index (χ2n) is 9.94. The number of hydrogen-bond donors (Lipinski definition) is 1. The summed E-state index contributed by atoms with van der Waals surface area (Å²) in [6, 6.07) is 19.0. The van der Waals surface area contributed by atoms with Crippen molar-refractivity contribution in [2.24, 2.45) is 0 Å². The van der Waals surface area contributed by atoms with Crippen LogP contribution in [0, 0.1) is 6.92 Å². The van der Waals surface area contributed by atoms with E-state index in [2.05, 4.69) is 10.4 Å². The highest BCUT2D eigenvalue weighted by Gasteiger charge is 2.32. The highest BCUT2D eigenvalue weighted by atomic mass is 32.2. The summed E-state index contributed by atoms with van der Waals surface area (Å²) in [4.78, 5) is 12.2. The fraction of sp³-hybridized carbons (Fsp3) is 0.267. The molecule has 220 valence electrons. The van der Waals surface area contributed by atoms with Crippen LogP contribution in [0.2, 0.25) is 0 Å². The maximum Gasteiger partial charge on any atom is 0.416 e. The van der Waals surface area contributed by atoms with E-state index in [0.29, 0.717) is 36.2 Å². The summed E-state index contributed by atoms with van der Waals surface area (Å²) >= 11 is 0. The quantitative estimate of drug-likeness (QED) is 0.251. The fourth-order valence-corrected chi connectivity index (χ4v) is 5.64. The van der Waals surface area contributed by atoms with Crippen molar-refractivity contribution in [1.82, 2.24) is 15.1 Å². The molecule has 1 amide bonds. The van der Waals surface area contributed by atoms with E-state index in [1.165, 1.54) is 10.7 Å². The average Bonchev–Trinajstić information content (AvgIpc) is 3.63. The third-order valence-electron chi connectivity index (χ3n) is 6.75. The largest absolute Gasteiger partial charge is 0.416 e. The average molecular weight is 600 g/mol. The van der Waals surface area contributed by atoms with E-state index in [1.807, 2.05) is 30.3 Å². The van der Waals surface area contributed by atoms with Gasteiger partial charge in [0, 0.05) is 18.7 Å². The molecule has 1 atom stereocenters. The number of hydrogen-bond acceptors (Lipinski definition) is 6. The Kier molecular flexibility index (Phi) is 8.37. The number of nitrogens with zero attached hydrogens (tertiary/aromatic N) is 2. The Hall–Kier alpha value is -4.16. The third-order valence-corrected chi connectivity index (χ3v) is 7.98. The Bertz CT molecular complexity index is 1680.